The van der Waals surface area contributed by atoms with Gasteiger partial charge in [-0.3, -0.25) is 10.1 Å². The predicted molar refractivity (Wildman–Crippen MR) is 70.6 cm³/mol. The molecule has 0 aromatic heterocycles. The fourth-order valence-electron chi connectivity index (χ4n) is 1.72. The SMILES string of the molecule is C=CCNC(=O)[C@@H](C)N[C@H](C)c1ccc(F)cc1F. The second-order valence-corrected chi connectivity index (χ2v) is 4.31. The van der Waals surface area contributed by atoms with Gasteiger partial charge in [-0.2, -0.15) is 0 Å². The summed E-state index contributed by atoms with van der Waals surface area (Å²) in [4.78, 5) is 11.6. The maximum Gasteiger partial charge on any atom is 0.237 e. The van der Waals surface area contributed by atoms with Crippen molar-refractivity contribution in [2.45, 2.75) is 25.9 Å². The van der Waals surface area contributed by atoms with Gasteiger partial charge in [-0.05, 0) is 19.9 Å². The highest BCUT2D eigenvalue weighted by molar-refractivity contribution is 5.81. The topological polar surface area (TPSA) is 41.1 Å². The summed E-state index contributed by atoms with van der Waals surface area (Å²) in [6.07, 6.45) is 1.58. The van der Waals surface area contributed by atoms with E-state index in [0.29, 0.717) is 12.1 Å². The number of hydrogen-bond acceptors (Lipinski definition) is 2. The van der Waals surface area contributed by atoms with Crippen LogP contribution in [0.4, 0.5) is 8.78 Å². The van der Waals surface area contributed by atoms with E-state index < -0.39 is 23.7 Å². The van der Waals surface area contributed by atoms with Crippen LogP contribution in [0, 0.1) is 11.6 Å². The first-order chi connectivity index (χ1) is 8.95. The van der Waals surface area contributed by atoms with Gasteiger partial charge in [0.15, 0.2) is 0 Å². The highest BCUT2D eigenvalue weighted by Gasteiger charge is 2.18. The van der Waals surface area contributed by atoms with Crippen molar-refractivity contribution in [3.05, 3.63) is 48.1 Å². The van der Waals surface area contributed by atoms with Crippen molar-refractivity contribution in [1.82, 2.24) is 10.6 Å². The van der Waals surface area contributed by atoms with Crippen molar-refractivity contribution in [2.75, 3.05) is 6.54 Å². The van der Waals surface area contributed by atoms with E-state index in [2.05, 4.69) is 17.2 Å². The number of amides is 1. The van der Waals surface area contributed by atoms with Crippen LogP contribution in [0.1, 0.15) is 25.5 Å². The molecule has 2 N–H and O–H groups in total. The van der Waals surface area contributed by atoms with Gasteiger partial charge in [-0.1, -0.05) is 12.1 Å². The normalized spacial score (nSPS) is 13.7. The molecule has 0 aliphatic rings. The first kappa shape index (κ1) is 15.3. The first-order valence-corrected chi connectivity index (χ1v) is 6.05. The van der Waals surface area contributed by atoms with Crippen molar-refractivity contribution in [3.8, 4) is 0 Å². The van der Waals surface area contributed by atoms with Gasteiger partial charge in [0, 0.05) is 24.2 Å². The third kappa shape index (κ3) is 4.44. The summed E-state index contributed by atoms with van der Waals surface area (Å²) in [5, 5.41) is 5.60. The summed E-state index contributed by atoms with van der Waals surface area (Å²) >= 11 is 0. The van der Waals surface area contributed by atoms with Crippen molar-refractivity contribution >= 4 is 5.91 Å². The number of nitrogens with one attached hydrogen (secondary N) is 2. The van der Waals surface area contributed by atoms with Crippen LogP contribution in [0.3, 0.4) is 0 Å². The Hall–Kier alpha value is -1.75. The van der Waals surface area contributed by atoms with Crippen LogP contribution in [0.5, 0.6) is 0 Å². The third-order valence-corrected chi connectivity index (χ3v) is 2.74. The summed E-state index contributed by atoms with van der Waals surface area (Å²) < 4.78 is 26.4. The van der Waals surface area contributed by atoms with Crippen LogP contribution in [-0.4, -0.2) is 18.5 Å². The molecule has 1 rings (SSSR count). The van der Waals surface area contributed by atoms with Crippen molar-refractivity contribution in [2.24, 2.45) is 0 Å². The molecule has 0 saturated heterocycles. The van der Waals surface area contributed by atoms with E-state index >= 15 is 0 Å². The average Bonchev–Trinajstić information content (AvgIpc) is 2.35. The third-order valence-electron chi connectivity index (χ3n) is 2.74. The zero-order valence-electron chi connectivity index (χ0n) is 11.0. The quantitative estimate of drug-likeness (QED) is 0.777. The minimum absolute atomic E-state index is 0.200. The van der Waals surface area contributed by atoms with Gasteiger partial charge >= 0.3 is 0 Å². The minimum atomic E-state index is -0.626. The first-order valence-electron chi connectivity index (χ1n) is 6.05. The number of hydrogen-bond donors (Lipinski definition) is 2. The standard InChI is InChI=1S/C14H18F2N2O/c1-4-7-17-14(19)10(3)18-9(2)12-6-5-11(15)8-13(12)16/h4-6,8-10,18H,1,7H2,2-3H3,(H,17,19)/t9-,10-/m1/s1. The lowest BCUT2D eigenvalue weighted by Crippen LogP contribution is -2.43. The number of rotatable bonds is 6. The van der Waals surface area contributed by atoms with Crippen molar-refractivity contribution < 1.29 is 13.6 Å². The van der Waals surface area contributed by atoms with E-state index in [-0.39, 0.29) is 5.91 Å². The van der Waals surface area contributed by atoms with Crippen molar-refractivity contribution in [3.63, 3.8) is 0 Å². The lowest BCUT2D eigenvalue weighted by atomic mass is 10.1. The molecule has 0 aliphatic heterocycles. The highest BCUT2D eigenvalue weighted by Crippen LogP contribution is 2.18. The molecule has 0 saturated carbocycles. The molecule has 104 valence electrons. The Bertz CT molecular complexity index is 463. The molecule has 5 heteroatoms. The van der Waals surface area contributed by atoms with Crippen LogP contribution in [0.2, 0.25) is 0 Å². The predicted octanol–water partition coefficient (Wildman–Crippen LogP) is 2.31. The number of benzene rings is 1. The van der Waals surface area contributed by atoms with Gasteiger partial charge in [-0.15, -0.1) is 6.58 Å². The second kappa shape index (κ2) is 6.99. The summed E-state index contributed by atoms with van der Waals surface area (Å²) in [6.45, 7) is 7.27. The Morgan fingerprint density at radius 2 is 2.11 bits per heavy atom. The van der Waals surface area contributed by atoms with Gasteiger partial charge in [0.05, 0.1) is 6.04 Å². The lowest BCUT2D eigenvalue weighted by Gasteiger charge is -2.20. The Morgan fingerprint density at radius 3 is 2.68 bits per heavy atom. The van der Waals surface area contributed by atoms with E-state index in [0.717, 1.165) is 6.07 Å². The van der Waals surface area contributed by atoms with Crippen LogP contribution in [0.25, 0.3) is 0 Å². The van der Waals surface area contributed by atoms with E-state index in [1.807, 2.05) is 0 Å². The molecule has 0 heterocycles. The van der Waals surface area contributed by atoms with Gasteiger partial charge in [0.25, 0.3) is 0 Å². The van der Waals surface area contributed by atoms with Gasteiger partial charge in [0.2, 0.25) is 5.91 Å². The van der Waals surface area contributed by atoms with Crippen LogP contribution in [0.15, 0.2) is 30.9 Å². The molecule has 1 aromatic rings. The second-order valence-electron chi connectivity index (χ2n) is 4.31. The summed E-state index contributed by atoms with van der Waals surface area (Å²) in [6, 6.07) is 2.51. The lowest BCUT2D eigenvalue weighted by molar-refractivity contribution is -0.122. The molecular formula is C14H18F2N2O. The molecule has 1 aromatic carbocycles. The zero-order valence-corrected chi connectivity index (χ0v) is 11.0. The van der Waals surface area contributed by atoms with E-state index in [1.165, 1.54) is 12.1 Å². The minimum Gasteiger partial charge on any atom is -0.351 e. The van der Waals surface area contributed by atoms with Crippen molar-refractivity contribution in [1.29, 1.82) is 0 Å². The highest BCUT2D eigenvalue weighted by atomic mass is 19.1. The fourth-order valence-corrected chi connectivity index (χ4v) is 1.72. The van der Waals surface area contributed by atoms with Gasteiger partial charge < -0.3 is 5.32 Å². The van der Waals surface area contributed by atoms with Crippen LogP contribution < -0.4 is 10.6 Å². The van der Waals surface area contributed by atoms with E-state index in [9.17, 15) is 13.6 Å². The Labute approximate surface area is 111 Å². The smallest absolute Gasteiger partial charge is 0.237 e. The molecule has 2 atom stereocenters. The molecule has 0 spiro atoms. The van der Waals surface area contributed by atoms with Crippen LogP contribution in [-0.2, 0) is 4.79 Å². The Kier molecular flexibility index (Phi) is 5.63. The molecular weight excluding hydrogens is 250 g/mol. The number of carbonyl (C=O) groups excluding carboxylic acids is 1. The average molecular weight is 268 g/mol. The molecule has 1 amide bonds. The maximum atomic E-state index is 13.6. The Balaban J connectivity index is 2.65. The monoisotopic (exact) mass is 268 g/mol. The van der Waals surface area contributed by atoms with E-state index in [1.54, 1.807) is 19.9 Å². The molecule has 0 bridgehead atoms. The van der Waals surface area contributed by atoms with E-state index in [4.69, 9.17) is 0 Å². The zero-order chi connectivity index (χ0) is 14.4. The molecule has 19 heavy (non-hydrogen) atoms. The molecule has 0 fully saturated rings. The largest absolute Gasteiger partial charge is 0.351 e. The molecule has 3 nitrogen and oxygen atoms in total. The summed E-state index contributed by atoms with van der Waals surface area (Å²) in [5.41, 5.74) is 0.324. The Morgan fingerprint density at radius 1 is 1.42 bits per heavy atom. The van der Waals surface area contributed by atoms with Gasteiger partial charge in [-0.25, -0.2) is 8.78 Å². The fraction of sp³-hybridized carbons (Fsp3) is 0.357. The van der Waals surface area contributed by atoms with Crippen LogP contribution >= 0.6 is 0 Å². The summed E-state index contributed by atoms with van der Waals surface area (Å²) in [5.74, 6) is -1.45. The molecule has 0 unspecified atom stereocenters. The molecule has 0 radical (unpaired) electrons. The number of carbonyl (C=O) groups is 1. The van der Waals surface area contributed by atoms with Gasteiger partial charge in [0.1, 0.15) is 11.6 Å². The maximum absolute atomic E-state index is 13.6. The summed E-state index contributed by atoms with van der Waals surface area (Å²) in [7, 11) is 0. The number of halogens is 2. The molecule has 0 aliphatic carbocycles.